The smallest absolute Gasteiger partial charge is 0.246 e. The summed E-state index contributed by atoms with van der Waals surface area (Å²) in [5.41, 5.74) is 0. The van der Waals surface area contributed by atoms with E-state index in [9.17, 15) is 22.8 Å². The molecule has 3 rings (SSSR count). The second kappa shape index (κ2) is 8.99. The predicted molar refractivity (Wildman–Crippen MR) is 99.5 cm³/mol. The highest BCUT2D eigenvalue weighted by atomic mass is 32.2. The van der Waals surface area contributed by atoms with Gasteiger partial charge in [0, 0.05) is 38.4 Å². The third kappa shape index (κ3) is 5.38. The minimum Gasteiger partial charge on any atom is -0.347 e. The van der Waals surface area contributed by atoms with Crippen LogP contribution >= 0.6 is 0 Å². The fraction of sp³-hybridized carbons (Fsp3) is 0.706. The summed E-state index contributed by atoms with van der Waals surface area (Å²) in [6, 6.07) is 0. The number of rotatable bonds is 7. The molecular formula is C17H25N5O6S. The summed E-state index contributed by atoms with van der Waals surface area (Å²) in [5, 5.41) is 6.38. The Hall–Kier alpha value is -2.34. The first-order chi connectivity index (χ1) is 13.8. The highest BCUT2D eigenvalue weighted by Crippen LogP contribution is 2.21. The van der Waals surface area contributed by atoms with Crippen LogP contribution in [0.3, 0.4) is 0 Å². The number of hydrogen-bond acceptors (Lipinski definition) is 8. The molecular weight excluding hydrogens is 402 g/mol. The van der Waals surface area contributed by atoms with Gasteiger partial charge in [0.25, 0.3) is 0 Å². The molecule has 29 heavy (non-hydrogen) atoms. The summed E-state index contributed by atoms with van der Waals surface area (Å²) in [5.74, 6) is -0.597. The molecule has 2 saturated heterocycles. The van der Waals surface area contributed by atoms with Crippen LogP contribution in [-0.4, -0.2) is 70.9 Å². The molecule has 2 fully saturated rings. The van der Waals surface area contributed by atoms with Crippen molar-refractivity contribution in [2.75, 3.05) is 25.4 Å². The van der Waals surface area contributed by atoms with E-state index in [1.807, 2.05) is 0 Å². The third-order valence-corrected chi connectivity index (χ3v) is 7.01. The molecule has 2 aliphatic heterocycles. The maximum atomic E-state index is 12.6. The zero-order valence-corrected chi connectivity index (χ0v) is 17.1. The van der Waals surface area contributed by atoms with E-state index in [1.165, 1.54) is 4.31 Å². The van der Waals surface area contributed by atoms with Gasteiger partial charge in [-0.2, -0.15) is 4.98 Å². The van der Waals surface area contributed by atoms with E-state index >= 15 is 0 Å². The fourth-order valence-electron chi connectivity index (χ4n) is 3.50. The number of carbonyl (C=O) groups excluding carboxylic acids is 3. The van der Waals surface area contributed by atoms with E-state index in [0.717, 1.165) is 4.90 Å². The number of amides is 3. The van der Waals surface area contributed by atoms with Gasteiger partial charge >= 0.3 is 0 Å². The van der Waals surface area contributed by atoms with Gasteiger partial charge in [-0.15, -0.1) is 0 Å². The van der Waals surface area contributed by atoms with Crippen LogP contribution in [-0.2, 0) is 31.0 Å². The van der Waals surface area contributed by atoms with Crippen molar-refractivity contribution in [1.82, 2.24) is 24.7 Å². The Kier molecular flexibility index (Phi) is 6.63. The molecule has 0 saturated carbocycles. The van der Waals surface area contributed by atoms with E-state index in [1.54, 1.807) is 6.92 Å². The lowest BCUT2D eigenvalue weighted by Crippen LogP contribution is -2.47. The molecule has 0 aromatic carbocycles. The number of nitrogens with one attached hydrogen (secondary N) is 1. The first kappa shape index (κ1) is 21.4. The van der Waals surface area contributed by atoms with Crippen LogP contribution < -0.4 is 5.32 Å². The summed E-state index contributed by atoms with van der Waals surface area (Å²) >= 11 is 0. The second-order valence-electron chi connectivity index (χ2n) is 7.24. The molecule has 3 amide bonds. The SMILES string of the molecule is Cc1noc(CNC(=O)C2CCN(S(=O)(=O)CCN3C(=O)CCCC3=O)CC2)n1. The van der Waals surface area contributed by atoms with Crippen molar-refractivity contribution < 1.29 is 27.3 Å². The predicted octanol–water partition coefficient (Wildman–Crippen LogP) is -0.425. The maximum Gasteiger partial charge on any atom is 0.246 e. The Morgan fingerprint density at radius 3 is 2.45 bits per heavy atom. The number of hydrogen-bond donors (Lipinski definition) is 1. The zero-order chi connectivity index (χ0) is 21.0. The van der Waals surface area contributed by atoms with Crippen molar-refractivity contribution in [1.29, 1.82) is 0 Å². The Balaban J connectivity index is 1.45. The molecule has 11 nitrogen and oxygen atoms in total. The Labute approximate surface area is 168 Å². The lowest BCUT2D eigenvalue weighted by molar-refractivity contribution is -0.147. The van der Waals surface area contributed by atoms with Crippen LogP contribution in [0, 0.1) is 12.8 Å². The van der Waals surface area contributed by atoms with Crippen molar-refractivity contribution in [3.8, 4) is 0 Å². The summed E-state index contributed by atoms with van der Waals surface area (Å²) in [7, 11) is -3.61. The van der Waals surface area contributed by atoms with Gasteiger partial charge in [0.2, 0.25) is 33.6 Å². The van der Waals surface area contributed by atoms with Crippen LogP contribution in [0.2, 0.25) is 0 Å². The van der Waals surface area contributed by atoms with E-state index in [2.05, 4.69) is 15.5 Å². The molecule has 2 aliphatic rings. The number of nitrogens with zero attached hydrogens (tertiary/aromatic N) is 4. The molecule has 160 valence electrons. The normalized spacial score (nSPS) is 19.6. The van der Waals surface area contributed by atoms with Crippen LogP contribution in [0.4, 0.5) is 0 Å². The Morgan fingerprint density at radius 1 is 1.21 bits per heavy atom. The van der Waals surface area contributed by atoms with Crippen LogP contribution in [0.15, 0.2) is 4.52 Å². The summed E-state index contributed by atoms with van der Waals surface area (Å²) in [4.78, 5) is 41.0. The number of piperidine rings is 2. The minimum atomic E-state index is -3.61. The van der Waals surface area contributed by atoms with Gasteiger partial charge < -0.3 is 9.84 Å². The Bertz CT molecular complexity index is 859. The lowest BCUT2D eigenvalue weighted by Gasteiger charge is -2.31. The second-order valence-corrected chi connectivity index (χ2v) is 9.32. The van der Waals surface area contributed by atoms with Crippen LogP contribution in [0.5, 0.6) is 0 Å². The van der Waals surface area contributed by atoms with Gasteiger partial charge in [0.1, 0.15) is 0 Å². The minimum absolute atomic E-state index is 0.121. The van der Waals surface area contributed by atoms with Crippen molar-refractivity contribution in [2.45, 2.75) is 45.6 Å². The first-order valence-electron chi connectivity index (χ1n) is 9.64. The summed E-state index contributed by atoms with van der Waals surface area (Å²) in [6.45, 7) is 2.14. The van der Waals surface area contributed by atoms with Crippen LogP contribution in [0.1, 0.15) is 43.8 Å². The molecule has 0 atom stereocenters. The molecule has 0 spiro atoms. The van der Waals surface area contributed by atoms with Gasteiger partial charge in [-0.25, -0.2) is 12.7 Å². The van der Waals surface area contributed by atoms with Gasteiger partial charge in [0.05, 0.1) is 12.3 Å². The molecule has 0 unspecified atom stereocenters. The van der Waals surface area contributed by atoms with E-state index < -0.39 is 10.0 Å². The fourth-order valence-corrected chi connectivity index (χ4v) is 4.94. The number of likely N-dealkylation sites (tertiary alicyclic amines) is 1. The van der Waals surface area contributed by atoms with E-state index in [-0.39, 0.29) is 68.4 Å². The highest BCUT2D eigenvalue weighted by molar-refractivity contribution is 7.89. The summed E-state index contributed by atoms with van der Waals surface area (Å²) in [6.07, 6.45) is 1.86. The monoisotopic (exact) mass is 427 g/mol. The Morgan fingerprint density at radius 2 is 1.86 bits per heavy atom. The van der Waals surface area contributed by atoms with Crippen molar-refractivity contribution in [3.05, 3.63) is 11.7 Å². The van der Waals surface area contributed by atoms with Gasteiger partial charge in [-0.3, -0.25) is 19.3 Å². The van der Waals surface area contributed by atoms with Gasteiger partial charge in [-0.05, 0) is 26.2 Å². The van der Waals surface area contributed by atoms with Crippen molar-refractivity contribution >= 4 is 27.7 Å². The third-order valence-electron chi connectivity index (χ3n) is 5.16. The molecule has 0 aliphatic carbocycles. The molecule has 3 heterocycles. The number of aryl methyl sites for hydroxylation is 1. The van der Waals surface area contributed by atoms with E-state index in [4.69, 9.17) is 4.52 Å². The molecule has 1 aromatic rings. The average molecular weight is 427 g/mol. The maximum absolute atomic E-state index is 12.6. The number of imide groups is 1. The molecule has 0 radical (unpaired) electrons. The van der Waals surface area contributed by atoms with Gasteiger partial charge in [0.15, 0.2) is 5.82 Å². The van der Waals surface area contributed by atoms with Gasteiger partial charge in [-0.1, -0.05) is 5.16 Å². The quantitative estimate of drug-likeness (QED) is 0.578. The zero-order valence-electron chi connectivity index (χ0n) is 16.3. The largest absolute Gasteiger partial charge is 0.347 e. The first-order valence-corrected chi connectivity index (χ1v) is 11.2. The average Bonchev–Trinajstić information content (AvgIpc) is 3.11. The summed E-state index contributed by atoms with van der Waals surface area (Å²) < 4.78 is 31.4. The lowest BCUT2D eigenvalue weighted by atomic mass is 9.97. The number of aromatic nitrogens is 2. The number of carbonyl (C=O) groups is 3. The topological polar surface area (TPSA) is 143 Å². The number of sulfonamides is 1. The van der Waals surface area contributed by atoms with Crippen molar-refractivity contribution in [3.63, 3.8) is 0 Å². The van der Waals surface area contributed by atoms with E-state index in [0.29, 0.717) is 31.0 Å². The standard InChI is InChI=1S/C17H25N5O6S/c1-12-19-14(28-20-12)11-18-17(25)13-5-7-21(8-6-13)29(26,27)10-9-22-15(23)3-2-4-16(22)24/h13H,2-11H2,1H3,(H,18,25). The molecule has 12 heteroatoms. The molecule has 1 aromatic heterocycles. The van der Waals surface area contributed by atoms with Crippen molar-refractivity contribution in [2.24, 2.45) is 5.92 Å². The van der Waals surface area contributed by atoms with Crippen LogP contribution in [0.25, 0.3) is 0 Å². The molecule has 1 N–H and O–H groups in total. The highest BCUT2D eigenvalue weighted by Gasteiger charge is 2.33. The molecule has 0 bridgehead atoms.